The van der Waals surface area contributed by atoms with Crippen LogP contribution in [0.4, 0.5) is 0 Å². The fourth-order valence-electron chi connectivity index (χ4n) is 3.03. The SMILES string of the molecule is CC(C)C[C@H](N)C(=O)N[C@@H](C)C(=O)N[C@@H](Cc1ccccc1)C(=O)N[C@@H](CC(N)=O)C(=O)O. The summed E-state index contributed by atoms with van der Waals surface area (Å²) in [6, 6.07) is 4.26. The predicted octanol–water partition coefficient (Wildman–Crippen LogP) is -0.963. The molecular formula is C22H33N5O6. The van der Waals surface area contributed by atoms with E-state index in [0.29, 0.717) is 12.0 Å². The van der Waals surface area contributed by atoms with Crippen LogP contribution in [0.2, 0.25) is 0 Å². The Hall–Kier alpha value is -3.47. The summed E-state index contributed by atoms with van der Waals surface area (Å²) in [5.74, 6) is -4.11. The molecule has 0 spiro atoms. The zero-order chi connectivity index (χ0) is 25.1. The number of hydrogen-bond acceptors (Lipinski definition) is 6. The van der Waals surface area contributed by atoms with Crippen LogP contribution in [0.5, 0.6) is 0 Å². The third-order valence-corrected chi connectivity index (χ3v) is 4.75. The van der Waals surface area contributed by atoms with E-state index < -0.39 is 60.2 Å². The van der Waals surface area contributed by atoms with Gasteiger partial charge in [0, 0.05) is 6.42 Å². The molecular weight excluding hydrogens is 430 g/mol. The summed E-state index contributed by atoms with van der Waals surface area (Å²) in [7, 11) is 0. The third-order valence-electron chi connectivity index (χ3n) is 4.75. The van der Waals surface area contributed by atoms with Crippen molar-refractivity contribution in [3.8, 4) is 0 Å². The molecule has 0 bridgehead atoms. The van der Waals surface area contributed by atoms with Crippen molar-refractivity contribution in [2.75, 3.05) is 0 Å². The number of hydrogen-bond donors (Lipinski definition) is 6. The summed E-state index contributed by atoms with van der Waals surface area (Å²) in [5, 5.41) is 16.5. The van der Waals surface area contributed by atoms with Crippen LogP contribution in [0.3, 0.4) is 0 Å². The lowest BCUT2D eigenvalue weighted by Crippen LogP contribution is -2.57. The Bertz CT molecular complexity index is 845. The van der Waals surface area contributed by atoms with Gasteiger partial charge < -0.3 is 32.5 Å². The first-order chi connectivity index (χ1) is 15.4. The quantitative estimate of drug-likeness (QED) is 0.217. The Morgan fingerprint density at radius 2 is 1.45 bits per heavy atom. The van der Waals surface area contributed by atoms with Gasteiger partial charge in [-0.3, -0.25) is 19.2 Å². The Kier molecular flexibility index (Phi) is 11.0. The Morgan fingerprint density at radius 3 is 1.97 bits per heavy atom. The smallest absolute Gasteiger partial charge is 0.326 e. The van der Waals surface area contributed by atoms with E-state index in [0.717, 1.165) is 0 Å². The van der Waals surface area contributed by atoms with Gasteiger partial charge in [0.15, 0.2) is 0 Å². The van der Waals surface area contributed by atoms with Gasteiger partial charge in [-0.1, -0.05) is 44.2 Å². The summed E-state index contributed by atoms with van der Waals surface area (Å²) < 4.78 is 0. The number of primary amides is 1. The standard InChI is InChI=1S/C22H33N5O6/c1-12(2)9-15(23)20(30)25-13(3)19(29)26-16(10-14-7-5-4-6-8-14)21(31)27-17(22(32)33)11-18(24)28/h4-8,12-13,15-17H,9-11,23H2,1-3H3,(H2,24,28)(H,25,30)(H,26,29)(H,27,31)(H,32,33)/t13-,15-,16-,17-/m0/s1. The van der Waals surface area contributed by atoms with Gasteiger partial charge >= 0.3 is 5.97 Å². The number of nitrogens with two attached hydrogens (primary N) is 2. The van der Waals surface area contributed by atoms with Crippen LogP contribution >= 0.6 is 0 Å². The van der Waals surface area contributed by atoms with Crippen LogP contribution in [0.25, 0.3) is 0 Å². The van der Waals surface area contributed by atoms with Gasteiger partial charge in [-0.25, -0.2) is 4.79 Å². The molecule has 11 nitrogen and oxygen atoms in total. The molecule has 0 unspecified atom stereocenters. The topological polar surface area (TPSA) is 194 Å². The maximum Gasteiger partial charge on any atom is 0.326 e. The first-order valence-corrected chi connectivity index (χ1v) is 10.6. The number of nitrogens with one attached hydrogen (secondary N) is 3. The number of carboxylic acids is 1. The van der Waals surface area contributed by atoms with Gasteiger partial charge in [-0.15, -0.1) is 0 Å². The Morgan fingerprint density at radius 1 is 0.879 bits per heavy atom. The molecule has 0 heterocycles. The van der Waals surface area contributed by atoms with Crippen molar-refractivity contribution in [2.24, 2.45) is 17.4 Å². The lowest BCUT2D eigenvalue weighted by Gasteiger charge is -2.24. The second-order valence-electron chi connectivity index (χ2n) is 8.29. The lowest BCUT2D eigenvalue weighted by atomic mass is 10.0. The molecule has 0 saturated carbocycles. The molecule has 0 radical (unpaired) electrons. The second-order valence-corrected chi connectivity index (χ2v) is 8.29. The fraction of sp³-hybridized carbons (Fsp3) is 0.500. The monoisotopic (exact) mass is 463 g/mol. The number of benzene rings is 1. The van der Waals surface area contributed by atoms with Crippen molar-refractivity contribution in [1.29, 1.82) is 0 Å². The van der Waals surface area contributed by atoms with Crippen molar-refractivity contribution < 1.29 is 29.1 Å². The van der Waals surface area contributed by atoms with Gasteiger partial charge in [-0.05, 0) is 24.8 Å². The highest BCUT2D eigenvalue weighted by atomic mass is 16.4. The normalized spacial score (nSPS) is 14.5. The summed E-state index contributed by atoms with van der Waals surface area (Å²) in [6.45, 7) is 5.28. The average molecular weight is 464 g/mol. The maximum atomic E-state index is 12.8. The largest absolute Gasteiger partial charge is 0.480 e. The van der Waals surface area contributed by atoms with Crippen LogP contribution in [-0.2, 0) is 30.4 Å². The average Bonchev–Trinajstić information content (AvgIpc) is 2.72. The summed E-state index contributed by atoms with van der Waals surface area (Å²) in [5.41, 5.74) is 11.6. The highest BCUT2D eigenvalue weighted by Crippen LogP contribution is 2.06. The Labute approximate surface area is 192 Å². The number of carbonyl (C=O) groups is 5. The van der Waals surface area contributed by atoms with Gasteiger partial charge in [0.2, 0.25) is 23.6 Å². The molecule has 4 amide bonds. The molecule has 0 aliphatic rings. The molecule has 11 heteroatoms. The van der Waals surface area contributed by atoms with Gasteiger partial charge in [0.05, 0.1) is 12.5 Å². The molecule has 0 aromatic heterocycles. The van der Waals surface area contributed by atoms with Crippen LogP contribution in [-0.4, -0.2) is 58.9 Å². The van der Waals surface area contributed by atoms with Crippen molar-refractivity contribution in [2.45, 2.75) is 64.2 Å². The zero-order valence-electron chi connectivity index (χ0n) is 19.0. The van der Waals surface area contributed by atoms with Crippen LogP contribution in [0.15, 0.2) is 30.3 Å². The van der Waals surface area contributed by atoms with E-state index in [1.165, 1.54) is 6.92 Å². The van der Waals surface area contributed by atoms with Crippen LogP contribution < -0.4 is 27.4 Å². The van der Waals surface area contributed by atoms with E-state index in [9.17, 15) is 29.1 Å². The number of carboxylic acid groups (broad SMARTS) is 1. The fourth-order valence-corrected chi connectivity index (χ4v) is 3.03. The molecule has 1 rings (SSSR count). The zero-order valence-corrected chi connectivity index (χ0v) is 19.0. The molecule has 1 aromatic carbocycles. The molecule has 0 aliphatic carbocycles. The minimum atomic E-state index is -1.55. The molecule has 0 fully saturated rings. The van der Waals surface area contributed by atoms with E-state index in [1.807, 2.05) is 13.8 Å². The molecule has 8 N–H and O–H groups in total. The highest BCUT2D eigenvalue weighted by Gasteiger charge is 2.29. The predicted molar refractivity (Wildman–Crippen MR) is 120 cm³/mol. The minimum Gasteiger partial charge on any atom is -0.480 e. The number of rotatable bonds is 13. The number of carbonyl (C=O) groups excluding carboxylic acids is 4. The third kappa shape index (κ3) is 10.1. The van der Waals surface area contributed by atoms with Crippen LogP contribution in [0, 0.1) is 5.92 Å². The first-order valence-electron chi connectivity index (χ1n) is 10.6. The second kappa shape index (κ2) is 13.2. The number of aliphatic carboxylic acids is 1. The number of amides is 4. The molecule has 4 atom stereocenters. The molecule has 182 valence electrons. The summed E-state index contributed by atoms with van der Waals surface area (Å²) in [4.78, 5) is 60.2. The maximum absolute atomic E-state index is 12.8. The minimum absolute atomic E-state index is 0.0504. The van der Waals surface area contributed by atoms with E-state index in [1.54, 1.807) is 30.3 Å². The van der Waals surface area contributed by atoms with Gasteiger partial charge in [0.25, 0.3) is 0 Å². The van der Waals surface area contributed by atoms with E-state index in [4.69, 9.17) is 11.5 Å². The van der Waals surface area contributed by atoms with E-state index in [-0.39, 0.29) is 12.3 Å². The first kappa shape index (κ1) is 27.6. The van der Waals surface area contributed by atoms with Gasteiger partial charge in [-0.2, -0.15) is 0 Å². The van der Waals surface area contributed by atoms with Crippen LogP contribution in [0.1, 0.15) is 39.2 Å². The summed E-state index contributed by atoms with van der Waals surface area (Å²) in [6.07, 6.45) is -0.113. The van der Waals surface area contributed by atoms with Gasteiger partial charge in [0.1, 0.15) is 18.1 Å². The molecule has 1 aromatic rings. The van der Waals surface area contributed by atoms with E-state index >= 15 is 0 Å². The highest BCUT2D eigenvalue weighted by molar-refractivity contribution is 5.94. The van der Waals surface area contributed by atoms with Crippen molar-refractivity contribution in [1.82, 2.24) is 16.0 Å². The van der Waals surface area contributed by atoms with Crippen molar-refractivity contribution >= 4 is 29.6 Å². The lowest BCUT2D eigenvalue weighted by molar-refractivity contribution is -0.143. The molecule has 0 saturated heterocycles. The molecule has 0 aliphatic heterocycles. The van der Waals surface area contributed by atoms with Crippen molar-refractivity contribution in [3.63, 3.8) is 0 Å². The van der Waals surface area contributed by atoms with E-state index in [2.05, 4.69) is 16.0 Å². The molecule has 33 heavy (non-hydrogen) atoms. The van der Waals surface area contributed by atoms with Crippen molar-refractivity contribution in [3.05, 3.63) is 35.9 Å². The Balaban J connectivity index is 2.94. The summed E-state index contributed by atoms with van der Waals surface area (Å²) >= 11 is 0.